The quantitative estimate of drug-likeness (QED) is 0.621. The van der Waals surface area contributed by atoms with E-state index >= 15 is 0 Å². The molecule has 6 heteroatoms. The Morgan fingerprint density at radius 3 is 3.06 bits per heavy atom. The maximum atomic E-state index is 11.4. The Morgan fingerprint density at radius 1 is 1.47 bits per heavy atom. The van der Waals surface area contributed by atoms with Crippen LogP contribution in [0.5, 0.6) is 0 Å². The van der Waals surface area contributed by atoms with E-state index < -0.39 is 0 Å². The van der Waals surface area contributed by atoms with E-state index in [1.165, 1.54) is 11.3 Å². The first kappa shape index (κ1) is 12.8. The van der Waals surface area contributed by atoms with Crippen molar-refractivity contribution in [2.24, 2.45) is 0 Å². The van der Waals surface area contributed by atoms with Gasteiger partial charge in [-0.15, -0.1) is 22.9 Å². The van der Waals surface area contributed by atoms with E-state index in [1.807, 2.05) is 0 Å². The summed E-state index contributed by atoms with van der Waals surface area (Å²) in [5.74, 6) is -0.0903. The van der Waals surface area contributed by atoms with Gasteiger partial charge in [-0.1, -0.05) is 0 Å². The molecule has 0 radical (unpaired) electrons. The predicted molar refractivity (Wildman–Crippen MR) is 71.5 cm³/mol. The second-order valence-electron chi connectivity index (χ2n) is 4.22. The number of rotatable bonds is 3. The zero-order valence-corrected chi connectivity index (χ0v) is 11.4. The van der Waals surface area contributed by atoms with Crippen molar-refractivity contribution >= 4 is 33.9 Å². The van der Waals surface area contributed by atoms with Crippen molar-refractivity contribution in [2.45, 2.75) is 6.42 Å². The summed E-state index contributed by atoms with van der Waals surface area (Å²) < 4.78 is 0. The van der Waals surface area contributed by atoms with Crippen molar-refractivity contribution < 1.29 is 4.79 Å². The minimum absolute atomic E-state index is 0.00586. The molecule has 17 heavy (non-hydrogen) atoms. The van der Waals surface area contributed by atoms with Crippen LogP contribution >= 0.6 is 22.9 Å². The Morgan fingerprint density at radius 2 is 2.29 bits per heavy atom. The van der Waals surface area contributed by atoms with Crippen LogP contribution in [-0.4, -0.2) is 54.8 Å². The lowest BCUT2D eigenvalue weighted by atomic mass is 10.3. The number of likely N-dealkylation sites (N-methyl/N-ethyl adjacent to an activating group) is 1. The third-order valence-electron chi connectivity index (χ3n) is 2.89. The summed E-state index contributed by atoms with van der Waals surface area (Å²) in [6.45, 7) is 4.14. The van der Waals surface area contributed by atoms with Crippen LogP contribution in [-0.2, 0) is 0 Å². The standard InChI is InChI=1S/C11H16ClN3OS/c1-14-3-2-4-15(6-5-14)11-13-9(8-17-11)10(16)7-12/h8H,2-7H2,1H3. The second kappa shape index (κ2) is 5.80. The zero-order chi connectivity index (χ0) is 12.3. The Balaban J connectivity index is 2.06. The maximum Gasteiger partial charge on any atom is 0.196 e. The molecule has 1 aromatic heterocycles. The molecular weight excluding hydrogens is 258 g/mol. The summed E-state index contributed by atoms with van der Waals surface area (Å²) in [5.41, 5.74) is 0.498. The van der Waals surface area contributed by atoms with Gasteiger partial charge in [0.25, 0.3) is 0 Å². The second-order valence-corrected chi connectivity index (χ2v) is 5.32. The molecule has 0 aromatic carbocycles. The summed E-state index contributed by atoms with van der Waals surface area (Å²) in [5, 5.41) is 2.74. The molecule has 0 spiro atoms. The molecule has 1 fully saturated rings. The normalized spacial score (nSPS) is 18.1. The lowest BCUT2D eigenvalue weighted by molar-refractivity contribution is 0.101. The Kier molecular flexibility index (Phi) is 4.36. The first-order chi connectivity index (χ1) is 8.20. The third-order valence-corrected chi connectivity index (χ3v) is 4.03. The van der Waals surface area contributed by atoms with Crippen LogP contribution in [0.4, 0.5) is 5.13 Å². The van der Waals surface area contributed by atoms with Crippen molar-refractivity contribution in [3.63, 3.8) is 0 Å². The number of hydrogen-bond donors (Lipinski definition) is 0. The smallest absolute Gasteiger partial charge is 0.196 e. The molecule has 94 valence electrons. The molecule has 0 unspecified atom stereocenters. The average molecular weight is 274 g/mol. The van der Waals surface area contributed by atoms with E-state index in [4.69, 9.17) is 11.6 Å². The van der Waals surface area contributed by atoms with Gasteiger partial charge in [0.2, 0.25) is 0 Å². The first-order valence-electron chi connectivity index (χ1n) is 5.69. The molecular formula is C11H16ClN3OS. The maximum absolute atomic E-state index is 11.4. The number of Topliss-reactive ketones (excluding diaryl/α,β-unsaturated/α-hetero) is 1. The largest absolute Gasteiger partial charge is 0.347 e. The summed E-state index contributed by atoms with van der Waals surface area (Å²) in [7, 11) is 2.13. The van der Waals surface area contributed by atoms with Crippen LogP contribution < -0.4 is 4.90 Å². The van der Waals surface area contributed by atoms with Gasteiger partial charge in [-0.3, -0.25) is 4.79 Å². The number of nitrogens with zero attached hydrogens (tertiary/aromatic N) is 3. The topological polar surface area (TPSA) is 36.4 Å². The van der Waals surface area contributed by atoms with Gasteiger partial charge >= 0.3 is 0 Å². The van der Waals surface area contributed by atoms with Crippen LogP contribution in [0, 0.1) is 0 Å². The summed E-state index contributed by atoms with van der Waals surface area (Å²) >= 11 is 7.05. The predicted octanol–water partition coefficient (Wildman–Crippen LogP) is 1.71. The average Bonchev–Trinajstić information content (AvgIpc) is 2.72. The number of ketones is 1. The molecule has 0 aliphatic carbocycles. The lowest BCUT2D eigenvalue weighted by Crippen LogP contribution is -2.28. The van der Waals surface area contributed by atoms with Crippen LogP contribution in [0.3, 0.4) is 0 Å². The van der Waals surface area contributed by atoms with Crippen molar-refractivity contribution in [2.75, 3.05) is 44.0 Å². The summed E-state index contributed by atoms with van der Waals surface area (Å²) in [6, 6.07) is 0. The molecule has 1 aliphatic heterocycles. The number of halogens is 1. The number of hydrogen-bond acceptors (Lipinski definition) is 5. The number of alkyl halides is 1. The highest BCUT2D eigenvalue weighted by Gasteiger charge is 2.17. The fourth-order valence-corrected chi connectivity index (χ4v) is 2.86. The number of carbonyl (C=O) groups is 1. The van der Waals surface area contributed by atoms with Gasteiger partial charge in [-0.05, 0) is 20.0 Å². The minimum atomic E-state index is -0.0962. The van der Waals surface area contributed by atoms with Gasteiger partial charge in [0.15, 0.2) is 10.9 Å². The fraction of sp³-hybridized carbons (Fsp3) is 0.636. The molecule has 0 bridgehead atoms. The lowest BCUT2D eigenvalue weighted by Gasteiger charge is -2.18. The highest BCUT2D eigenvalue weighted by Crippen LogP contribution is 2.22. The van der Waals surface area contributed by atoms with E-state index in [-0.39, 0.29) is 11.7 Å². The van der Waals surface area contributed by atoms with E-state index in [2.05, 4.69) is 21.8 Å². The van der Waals surface area contributed by atoms with E-state index in [9.17, 15) is 4.79 Å². The molecule has 2 heterocycles. The van der Waals surface area contributed by atoms with Crippen molar-refractivity contribution in [1.82, 2.24) is 9.88 Å². The Hall–Kier alpha value is -0.650. The van der Waals surface area contributed by atoms with Gasteiger partial charge in [0, 0.05) is 25.0 Å². The number of aromatic nitrogens is 1. The monoisotopic (exact) mass is 273 g/mol. The zero-order valence-electron chi connectivity index (χ0n) is 9.86. The SMILES string of the molecule is CN1CCCN(c2nc(C(=O)CCl)cs2)CC1. The van der Waals surface area contributed by atoms with Crippen molar-refractivity contribution in [3.05, 3.63) is 11.1 Å². The van der Waals surface area contributed by atoms with Crippen molar-refractivity contribution in [1.29, 1.82) is 0 Å². The molecule has 2 rings (SSSR count). The van der Waals surface area contributed by atoms with Crippen LogP contribution in [0.1, 0.15) is 16.9 Å². The fourth-order valence-electron chi connectivity index (χ4n) is 1.84. The minimum Gasteiger partial charge on any atom is -0.347 e. The van der Waals surface area contributed by atoms with E-state index in [1.54, 1.807) is 5.38 Å². The van der Waals surface area contributed by atoms with Gasteiger partial charge in [-0.25, -0.2) is 4.98 Å². The molecule has 0 saturated carbocycles. The first-order valence-corrected chi connectivity index (χ1v) is 7.10. The molecule has 4 nitrogen and oxygen atoms in total. The van der Waals surface area contributed by atoms with Gasteiger partial charge in [0.05, 0.1) is 5.88 Å². The molecule has 0 atom stereocenters. The molecule has 0 N–H and O–H groups in total. The third kappa shape index (κ3) is 3.18. The van der Waals surface area contributed by atoms with Gasteiger partial charge in [-0.2, -0.15) is 0 Å². The van der Waals surface area contributed by atoms with Crippen LogP contribution in [0.2, 0.25) is 0 Å². The summed E-state index contributed by atoms with van der Waals surface area (Å²) in [6.07, 6.45) is 1.13. The van der Waals surface area contributed by atoms with Gasteiger partial charge < -0.3 is 9.80 Å². The van der Waals surface area contributed by atoms with E-state index in [0.29, 0.717) is 5.69 Å². The molecule has 1 saturated heterocycles. The molecule has 1 aliphatic rings. The highest BCUT2D eigenvalue weighted by molar-refractivity contribution is 7.14. The molecule has 1 aromatic rings. The number of thiazole rings is 1. The summed E-state index contributed by atoms with van der Waals surface area (Å²) in [4.78, 5) is 20.3. The van der Waals surface area contributed by atoms with Crippen molar-refractivity contribution in [3.8, 4) is 0 Å². The van der Waals surface area contributed by atoms with Crippen LogP contribution in [0.25, 0.3) is 0 Å². The molecule has 0 amide bonds. The Bertz CT molecular complexity index is 396. The number of carbonyl (C=O) groups excluding carboxylic acids is 1. The highest BCUT2D eigenvalue weighted by atomic mass is 35.5. The Labute approximate surface area is 110 Å². The number of anilines is 1. The van der Waals surface area contributed by atoms with Crippen LogP contribution in [0.15, 0.2) is 5.38 Å². The van der Waals surface area contributed by atoms with E-state index in [0.717, 1.165) is 37.7 Å². The van der Waals surface area contributed by atoms with Gasteiger partial charge in [0.1, 0.15) is 5.69 Å².